The van der Waals surface area contributed by atoms with E-state index in [0.29, 0.717) is 18.7 Å². The van der Waals surface area contributed by atoms with Crippen LogP contribution in [0.3, 0.4) is 0 Å². The Morgan fingerprint density at radius 2 is 1.94 bits per heavy atom. The standard InChI is InChI=1S/C28H34N2O4/c1-8-11-15-22(4)21-29-26-18-13-12-17-25(26)27(5,6)28(29,10-3)34-19-14-16-23(30(31)32)20-24(9-2)33-7/h8,10-20H,1,3-4,9,21H2,2,5-7H3/b15-11-,19-14+,23-16+,24-20+/t28-/m0/s1. The molecule has 180 valence electrons. The number of hydrogen-bond donors (Lipinski definition) is 0. The maximum absolute atomic E-state index is 11.5. The van der Waals surface area contributed by atoms with Crippen LogP contribution in [0, 0.1) is 10.1 Å². The van der Waals surface area contributed by atoms with E-state index in [1.807, 2.05) is 37.3 Å². The molecular weight excluding hydrogens is 428 g/mol. The van der Waals surface area contributed by atoms with E-state index in [1.54, 1.807) is 12.2 Å². The second kappa shape index (κ2) is 11.4. The number of ether oxygens (including phenoxy) is 2. The summed E-state index contributed by atoms with van der Waals surface area (Å²) in [5, 5.41) is 11.5. The second-order valence-corrected chi connectivity index (χ2v) is 8.35. The fraction of sp³-hybridized carbons (Fsp3) is 0.286. The van der Waals surface area contributed by atoms with Crippen LogP contribution in [0.5, 0.6) is 0 Å². The number of allylic oxidation sites excluding steroid dienone is 6. The molecule has 0 N–H and O–H groups in total. The van der Waals surface area contributed by atoms with Crippen LogP contribution in [0.15, 0.2) is 110 Å². The van der Waals surface area contributed by atoms with Crippen molar-refractivity contribution in [2.24, 2.45) is 0 Å². The van der Waals surface area contributed by atoms with Gasteiger partial charge in [-0.25, -0.2) is 0 Å². The summed E-state index contributed by atoms with van der Waals surface area (Å²) in [7, 11) is 1.49. The van der Waals surface area contributed by atoms with Crippen molar-refractivity contribution in [1.29, 1.82) is 0 Å². The van der Waals surface area contributed by atoms with Gasteiger partial charge in [0.05, 0.1) is 29.8 Å². The maximum Gasteiger partial charge on any atom is 0.272 e. The predicted octanol–water partition coefficient (Wildman–Crippen LogP) is 6.60. The molecule has 1 aliphatic rings. The fourth-order valence-corrected chi connectivity index (χ4v) is 4.15. The predicted molar refractivity (Wildman–Crippen MR) is 139 cm³/mol. The third-order valence-electron chi connectivity index (χ3n) is 5.99. The largest absolute Gasteiger partial charge is 0.501 e. The number of nitrogens with zero attached hydrogens (tertiary/aromatic N) is 2. The molecule has 1 aliphatic heterocycles. The van der Waals surface area contributed by atoms with Gasteiger partial charge in [-0.2, -0.15) is 0 Å². The number of benzene rings is 1. The Balaban J connectivity index is 2.47. The number of nitro groups is 1. The lowest BCUT2D eigenvalue weighted by atomic mass is 9.77. The van der Waals surface area contributed by atoms with E-state index in [2.05, 4.69) is 44.6 Å². The highest BCUT2D eigenvalue weighted by Crippen LogP contribution is 2.53. The van der Waals surface area contributed by atoms with Crippen molar-refractivity contribution in [3.05, 3.63) is 126 Å². The molecule has 0 saturated carbocycles. The Morgan fingerprint density at radius 3 is 2.53 bits per heavy atom. The summed E-state index contributed by atoms with van der Waals surface area (Å²) in [5.74, 6) is 0.518. The second-order valence-electron chi connectivity index (χ2n) is 8.35. The monoisotopic (exact) mass is 462 g/mol. The number of anilines is 1. The first kappa shape index (κ1) is 26.5. The zero-order valence-electron chi connectivity index (χ0n) is 20.5. The first-order valence-electron chi connectivity index (χ1n) is 11.1. The molecule has 1 heterocycles. The van der Waals surface area contributed by atoms with E-state index < -0.39 is 16.1 Å². The van der Waals surface area contributed by atoms with Gasteiger partial charge in [0.1, 0.15) is 5.76 Å². The first-order chi connectivity index (χ1) is 16.2. The Morgan fingerprint density at radius 1 is 1.24 bits per heavy atom. The highest BCUT2D eigenvalue weighted by molar-refractivity contribution is 5.68. The van der Waals surface area contributed by atoms with Crippen molar-refractivity contribution in [3.63, 3.8) is 0 Å². The Bertz CT molecular complexity index is 1060. The lowest BCUT2D eigenvalue weighted by Gasteiger charge is -2.44. The van der Waals surface area contributed by atoms with Crippen LogP contribution in [0.4, 0.5) is 5.69 Å². The summed E-state index contributed by atoms with van der Waals surface area (Å²) in [4.78, 5) is 13.1. The Kier molecular flexibility index (Phi) is 8.84. The molecule has 0 amide bonds. The molecule has 1 atom stereocenters. The molecule has 0 fully saturated rings. The minimum Gasteiger partial charge on any atom is -0.501 e. The molecule has 0 aliphatic carbocycles. The van der Waals surface area contributed by atoms with Crippen molar-refractivity contribution in [1.82, 2.24) is 0 Å². The van der Waals surface area contributed by atoms with E-state index in [-0.39, 0.29) is 5.70 Å². The topological polar surface area (TPSA) is 64.8 Å². The summed E-state index contributed by atoms with van der Waals surface area (Å²) in [6.45, 7) is 18.5. The highest BCUT2D eigenvalue weighted by Gasteiger charge is 2.57. The van der Waals surface area contributed by atoms with E-state index in [9.17, 15) is 10.1 Å². The summed E-state index contributed by atoms with van der Waals surface area (Å²) in [6.07, 6.45) is 13.6. The molecule has 0 unspecified atom stereocenters. The van der Waals surface area contributed by atoms with Crippen LogP contribution < -0.4 is 4.90 Å². The number of rotatable bonds is 12. The van der Waals surface area contributed by atoms with E-state index in [0.717, 1.165) is 16.8 Å². The van der Waals surface area contributed by atoms with Gasteiger partial charge in [0.2, 0.25) is 5.72 Å². The number of fused-ring (bicyclic) bond motifs is 1. The van der Waals surface area contributed by atoms with Crippen molar-refractivity contribution in [3.8, 4) is 0 Å². The molecule has 34 heavy (non-hydrogen) atoms. The molecule has 6 nitrogen and oxygen atoms in total. The lowest BCUT2D eigenvalue weighted by molar-refractivity contribution is -0.419. The molecule has 0 aromatic heterocycles. The normalized spacial score (nSPS) is 19.8. The molecule has 0 saturated heterocycles. The van der Waals surface area contributed by atoms with Crippen molar-refractivity contribution >= 4 is 5.69 Å². The molecule has 6 heteroatoms. The van der Waals surface area contributed by atoms with Crippen LogP contribution in [0.2, 0.25) is 0 Å². The van der Waals surface area contributed by atoms with Gasteiger partial charge in [-0.1, -0.05) is 63.1 Å². The van der Waals surface area contributed by atoms with Crippen LogP contribution >= 0.6 is 0 Å². The van der Waals surface area contributed by atoms with Gasteiger partial charge in [0.15, 0.2) is 0 Å². The van der Waals surface area contributed by atoms with Crippen molar-refractivity contribution < 1.29 is 14.4 Å². The minimum absolute atomic E-state index is 0.0973. The molecule has 2 rings (SSSR count). The number of hydrogen-bond acceptors (Lipinski definition) is 5. The molecular formula is C28H34N2O4. The van der Waals surface area contributed by atoms with Crippen LogP contribution in [-0.4, -0.2) is 24.3 Å². The third-order valence-corrected chi connectivity index (χ3v) is 5.99. The molecule has 0 spiro atoms. The van der Waals surface area contributed by atoms with Crippen molar-refractivity contribution in [2.45, 2.75) is 38.3 Å². The van der Waals surface area contributed by atoms with Gasteiger partial charge in [-0.3, -0.25) is 10.1 Å². The SMILES string of the molecule is C=C/C=C\C(=C)CN1c2ccccc2C(C)(C)[C@]1(C=C)O/C=C/C=C(\C=C(/CC)OC)[N+](=O)[O-]. The lowest BCUT2D eigenvalue weighted by Crippen LogP contribution is -2.56. The molecule has 0 radical (unpaired) electrons. The zero-order chi connectivity index (χ0) is 25.4. The quantitative estimate of drug-likeness (QED) is 0.115. The average molecular weight is 463 g/mol. The van der Waals surface area contributed by atoms with Gasteiger partial charge in [-0.05, 0) is 43.2 Å². The van der Waals surface area contributed by atoms with Crippen LogP contribution in [0.25, 0.3) is 0 Å². The molecule has 1 aromatic rings. The summed E-state index contributed by atoms with van der Waals surface area (Å²) in [6, 6.07) is 8.11. The van der Waals surface area contributed by atoms with Gasteiger partial charge >= 0.3 is 0 Å². The van der Waals surface area contributed by atoms with Crippen LogP contribution in [0.1, 0.15) is 32.8 Å². The minimum atomic E-state index is -0.947. The van der Waals surface area contributed by atoms with Gasteiger partial charge in [0.25, 0.3) is 5.70 Å². The van der Waals surface area contributed by atoms with E-state index in [4.69, 9.17) is 9.47 Å². The Labute approximate surface area is 202 Å². The van der Waals surface area contributed by atoms with E-state index >= 15 is 0 Å². The van der Waals surface area contributed by atoms with Crippen LogP contribution in [-0.2, 0) is 14.9 Å². The van der Waals surface area contributed by atoms with Gasteiger partial charge in [0, 0.05) is 24.7 Å². The highest BCUT2D eigenvalue weighted by atomic mass is 16.6. The smallest absolute Gasteiger partial charge is 0.272 e. The summed E-state index contributed by atoms with van der Waals surface area (Å²) < 4.78 is 11.5. The molecule has 0 bridgehead atoms. The van der Waals surface area contributed by atoms with Crippen molar-refractivity contribution in [2.75, 3.05) is 18.6 Å². The summed E-state index contributed by atoms with van der Waals surface area (Å²) >= 11 is 0. The summed E-state index contributed by atoms with van der Waals surface area (Å²) in [5.41, 5.74) is 1.49. The average Bonchev–Trinajstić information content (AvgIpc) is 3.00. The maximum atomic E-state index is 11.5. The van der Waals surface area contributed by atoms with Gasteiger partial charge in [-0.15, -0.1) is 0 Å². The fourth-order valence-electron chi connectivity index (χ4n) is 4.15. The number of methoxy groups -OCH3 is 1. The zero-order valence-corrected chi connectivity index (χ0v) is 20.5. The third kappa shape index (κ3) is 5.22. The van der Waals surface area contributed by atoms with E-state index in [1.165, 1.54) is 31.6 Å². The molecule has 1 aromatic carbocycles. The van der Waals surface area contributed by atoms with Gasteiger partial charge < -0.3 is 14.4 Å². The number of para-hydroxylation sites is 1. The first-order valence-corrected chi connectivity index (χ1v) is 11.1. The Hall–Kier alpha value is -3.80.